The van der Waals surface area contributed by atoms with Gasteiger partial charge in [-0.05, 0) is 5.56 Å². The molecule has 86 valence electrons. The summed E-state index contributed by atoms with van der Waals surface area (Å²) in [5, 5.41) is 11.3. The van der Waals surface area contributed by atoms with Crippen LogP contribution in [0.15, 0.2) is 35.4 Å². The molecule has 0 aliphatic carbocycles. The van der Waals surface area contributed by atoms with Gasteiger partial charge in [0.25, 0.3) is 10.0 Å². The zero-order valence-corrected chi connectivity index (χ0v) is 9.02. The lowest BCUT2D eigenvalue weighted by Crippen LogP contribution is -2.20. The lowest BCUT2D eigenvalue weighted by atomic mass is 10.2. The quantitative estimate of drug-likeness (QED) is 0.568. The normalized spacial score (nSPS) is 11.5. The number of hydrogen-bond donors (Lipinski definition) is 2. The first-order chi connectivity index (χ1) is 7.49. The Balaban J connectivity index is 2.63. The highest BCUT2D eigenvalue weighted by Crippen LogP contribution is 2.03. The van der Waals surface area contributed by atoms with E-state index in [1.807, 2.05) is 0 Å². The minimum Gasteiger partial charge on any atom is -0.477 e. The number of carboxylic acid groups (broad SMARTS) is 1. The number of hydrazone groups is 1. The van der Waals surface area contributed by atoms with E-state index in [9.17, 15) is 13.2 Å². The van der Waals surface area contributed by atoms with Gasteiger partial charge in [0.2, 0.25) is 0 Å². The summed E-state index contributed by atoms with van der Waals surface area (Å²) >= 11 is 0. The molecule has 1 aromatic carbocycles. The zero-order chi connectivity index (χ0) is 12.0. The fourth-order valence-electron chi connectivity index (χ4n) is 0.988. The molecule has 0 amide bonds. The van der Waals surface area contributed by atoms with Gasteiger partial charge in [-0.3, -0.25) is 0 Å². The van der Waals surface area contributed by atoms with Crippen molar-refractivity contribution in [2.75, 3.05) is 0 Å². The summed E-state index contributed by atoms with van der Waals surface area (Å²) in [5.74, 6) is -1.56. The number of aliphatic carboxylic acids is 1. The maximum atomic E-state index is 11.4. The van der Waals surface area contributed by atoms with Gasteiger partial charge in [-0.2, -0.15) is 5.10 Å². The van der Waals surface area contributed by atoms with Crippen molar-refractivity contribution in [3.63, 3.8) is 0 Å². The van der Waals surface area contributed by atoms with Crippen LogP contribution < -0.4 is 4.83 Å². The predicted octanol–water partition coefficient (Wildman–Crippen LogP) is 0.176. The Kier molecular flexibility index (Phi) is 4.01. The maximum absolute atomic E-state index is 11.4. The highest BCUT2D eigenvalue weighted by atomic mass is 32.2. The fourth-order valence-corrected chi connectivity index (χ4v) is 1.90. The summed E-state index contributed by atoms with van der Waals surface area (Å²) in [7, 11) is -3.64. The standard InChI is InChI=1S/C9H10N2O4S/c12-9(13)6-10-11-16(14,15)7-8-4-2-1-3-5-8/h1-6,11H,7H2,(H,12,13). The SMILES string of the molecule is O=C(O)C=NNS(=O)(=O)Cc1ccccc1. The van der Waals surface area contributed by atoms with Crippen LogP contribution in [-0.2, 0) is 20.6 Å². The van der Waals surface area contributed by atoms with Crippen molar-refractivity contribution < 1.29 is 18.3 Å². The molecule has 0 atom stereocenters. The second-order valence-corrected chi connectivity index (χ2v) is 4.63. The van der Waals surface area contributed by atoms with Gasteiger partial charge >= 0.3 is 5.97 Å². The molecule has 7 heteroatoms. The molecule has 2 N–H and O–H groups in total. The lowest BCUT2D eigenvalue weighted by molar-refractivity contribution is -0.128. The van der Waals surface area contributed by atoms with Gasteiger partial charge in [-0.1, -0.05) is 30.3 Å². The molecule has 0 spiro atoms. The highest BCUT2D eigenvalue weighted by molar-refractivity contribution is 7.88. The Morgan fingerprint density at radius 1 is 1.38 bits per heavy atom. The van der Waals surface area contributed by atoms with E-state index in [0.717, 1.165) is 0 Å². The molecule has 0 unspecified atom stereocenters. The second kappa shape index (κ2) is 5.26. The number of carbonyl (C=O) groups is 1. The second-order valence-electron chi connectivity index (χ2n) is 2.93. The molecule has 0 aliphatic heterocycles. The Morgan fingerprint density at radius 2 is 2.00 bits per heavy atom. The summed E-state index contributed by atoms with van der Waals surface area (Å²) in [4.78, 5) is 11.9. The number of rotatable bonds is 5. The third-order valence-corrected chi connectivity index (χ3v) is 2.66. The maximum Gasteiger partial charge on any atom is 0.348 e. The number of nitrogens with zero attached hydrogens (tertiary/aromatic N) is 1. The van der Waals surface area contributed by atoms with Crippen LogP contribution in [0.5, 0.6) is 0 Å². The molecule has 6 nitrogen and oxygen atoms in total. The van der Waals surface area contributed by atoms with Crippen molar-refractivity contribution >= 4 is 22.2 Å². The zero-order valence-electron chi connectivity index (χ0n) is 8.20. The number of carboxylic acids is 1. The van der Waals surface area contributed by atoms with Crippen LogP contribution in [0.1, 0.15) is 5.56 Å². The molecule has 1 rings (SSSR count). The first-order valence-electron chi connectivity index (χ1n) is 4.29. The van der Waals surface area contributed by atoms with Gasteiger partial charge in [-0.15, -0.1) is 0 Å². The van der Waals surface area contributed by atoms with E-state index in [2.05, 4.69) is 5.10 Å². The van der Waals surface area contributed by atoms with E-state index in [0.29, 0.717) is 11.8 Å². The molecule has 0 heterocycles. The van der Waals surface area contributed by atoms with Crippen LogP contribution in [0.2, 0.25) is 0 Å². The third-order valence-electron chi connectivity index (χ3n) is 1.57. The van der Waals surface area contributed by atoms with Gasteiger partial charge < -0.3 is 5.11 Å². The molecule has 0 saturated carbocycles. The summed E-state index contributed by atoms with van der Waals surface area (Å²) in [6.07, 6.45) is 0.475. The number of nitrogens with one attached hydrogen (secondary N) is 1. The number of benzene rings is 1. The molecular formula is C9H10N2O4S. The van der Waals surface area contributed by atoms with Gasteiger partial charge in [-0.25, -0.2) is 18.0 Å². The number of sulfonamides is 1. The molecule has 0 fully saturated rings. The average molecular weight is 242 g/mol. The van der Waals surface area contributed by atoms with E-state index in [-0.39, 0.29) is 5.75 Å². The van der Waals surface area contributed by atoms with E-state index < -0.39 is 16.0 Å². The topological polar surface area (TPSA) is 95.8 Å². The molecular weight excluding hydrogens is 232 g/mol. The first-order valence-corrected chi connectivity index (χ1v) is 5.94. The van der Waals surface area contributed by atoms with Crippen molar-refractivity contribution in [3.8, 4) is 0 Å². The van der Waals surface area contributed by atoms with E-state index >= 15 is 0 Å². The van der Waals surface area contributed by atoms with Crippen molar-refractivity contribution in [1.29, 1.82) is 0 Å². The molecule has 1 aromatic rings. The fraction of sp³-hybridized carbons (Fsp3) is 0.111. The summed E-state index contributed by atoms with van der Waals surface area (Å²) in [5.41, 5.74) is 0.598. The minimum absolute atomic E-state index is 0.245. The van der Waals surface area contributed by atoms with Crippen LogP contribution in [0.3, 0.4) is 0 Å². The lowest BCUT2D eigenvalue weighted by Gasteiger charge is -2.02. The molecule has 0 radical (unpaired) electrons. The van der Waals surface area contributed by atoms with Gasteiger partial charge in [0.05, 0.1) is 5.75 Å². The van der Waals surface area contributed by atoms with E-state index in [1.165, 1.54) is 0 Å². The van der Waals surface area contributed by atoms with Gasteiger partial charge in [0.1, 0.15) is 6.21 Å². The minimum atomic E-state index is -3.64. The smallest absolute Gasteiger partial charge is 0.348 e. The third kappa shape index (κ3) is 4.56. The largest absolute Gasteiger partial charge is 0.477 e. The van der Waals surface area contributed by atoms with Crippen LogP contribution >= 0.6 is 0 Å². The Bertz CT molecular complexity index is 481. The van der Waals surface area contributed by atoms with Gasteiger partial charge in [0, 0.05) is 0 Å². The van der Waals surface area contributed by atoms with Crippen LogP contribution in [0.25, 0.3) is 0 Å². The van der Waals surface area contributed by atoms with Crippen LogP contribution in [0.4, 0.5) is 0 Å². The number of hydrogen-bond acceptors (Lipinski definition) is 4. The monoisotopic (exact) mass is 242 g/mol. The van der Waals surface area contributed by atoms with Crippen molar-refractivity contribution in [2.45, 2.75) is 5.75 Å². The van der Waals surface area contributed by atoms with Crippen molar-refractivity contribution in [1.82, 2.24) is 4.83 Å². The van der Waals surface area contributed by atoms with E-state index in [4.69, 9.17) is 5.11 Å². The van der Waals surface area contributed by atoms with Crippen LogP contribution in [-0.4, -0.2) is 25.7 Å². The molecule has 16 heavy (non-hydrogen) atoms. The first kappa shape index (κ1) is 12.2. The summed E-state index contributed by atoms with van der Waals surface area (Å²) in [6, 6.07) is 8.50. The highest BCUT2D eigenvalue weighted by Gasteiger charge is 2.09. The average Bonchev–Trinajstić information content (AvgIpc) is 2.17. The van der Waals surface area contributed by atoms with Crippen molar-refractivity contribution in [3.05, 3.63) is 35.9 Å². The van der Waals surface area contributed by atoms with Gasteiger partial charge in [0.15, 0.2) is 0 Å². The Labute approximate surface area is 92.7 Å². The van der Waals surface area contributed by atoms with E-state index in [1.54, 1.807) is 35.2 Å². The Morgan fingerprint density at radius 3 is 2.56 bits per heavy atom. The molecule has 0 aliphatic rings. The summed E-state index contributed by atoms with van der Waals surface area (Å²) < 4.78 is 22.7. The molecule has 0 saturated heterocycles. The Hall–Kier alpha value is -1.89. The molecule has 0 aromatic heterocycles. The predicted molar refractivity (Wildman–Crippen MR) is 58.3 cm³/mol. The molecule has 0 bridgehead atoms. The summed E-state index contributed by atoms with van der Waals surface area (Å²) in [6.45, 7) is 0. The van der Waals surface area contributed by atoms with Crippen LogP contribution in [0, 0.1) is 0 Å². The van der Waals surface area contributed by atoms with Crippen molar-refractivity contribution in [2.24, 2.45) is 5.10 Å².